The van der Waals surface area contributed by atoms with Crippen LogP contribution in [0.1, 0.15) is 11.3 Å². The lowest BCUT2D eigenvalue weighted by atomic mass is 10.3. The first-order valence-electron chi connectivity index (χ1n) is 8.61. The molecule has 0 aliphatic rings. The summed E-state index contributed by atoms with van der Waals surface area (Å²) in [6.45, 7) is 1.29. The second-order valence-electron chi connectivity index (χ2n) is 5.65. The maximum Gasteiger partial charge on any atom is 0.232 e. The SMILES string of the molecule is COCOCc1ccnc(OC/C=C\CNC(=O)CS(=O)Cc2ccco2)c1. The maximum absolute atomic E-state index is 11.9. The second kappa shape index (κ2) is 12.8. The van der Waals surface area contributed by atoms with Crippen LogP contribution < -0.4 is 10.1 Å². The van der Waals surface area contributed by atoms with Gasteiger partial charge in [0.1, 0.15) is 24.9 Å². The molecule has 1 amide bonds. The number of hydrogen-bond donors (Lipinski definition) is 1. The first kappa shape index (κ1) is 21.8. The summed E-state index contributed by atoms with van der Waals surface area (Å²) < 4.78 is 32.6. The van der Waals surface area contributed by atoms with Gasteiger partial charge in [-0.25, -0.2) is 4.98 Å². The van der Waals surface area contributed by atoms with Gasteiger partial charge in [0.25, 0.3) is 0 Å². The summed E-state index contributed by atoms with van der Waals surface area (Å²) in [4.78, 5) is 15.9. The van der Waals surface area contributed by atoms with Gasteiger partial charge in [-0.15, -0.1) is 0 Å². The lowest BCUT2D eigenvalue weighted by Gasteiger charge is -2.06. The van der Waals surface area contributed by atoms with E-state index in [1.165, 1.54) is 6.26 Å². The topological polar surface area (TPSA) is 99.9 Å². The number of ether oxygens (including phenoxy) is 3. The molecular weight excluding hydrogens is 384 g/mol. The molecule has 9 heteroatoms. The highest BCUT2D eigenvalue weighted by molar-refractivity contribution is 7.84. The van der Waals surface area contributed by atoms with Crippen molar-refractivity contribution in [1.29, 1.82) is 0 Å². The quantitative estimate of drug-likeness (QED) is 0.306. The van der Waals surface area contributed by atoms with E-state index in [4.69, 9.17) is 18.6 Å². The highest BCUT2D eigenvalue weighted by Crippen LogP contribution is 2.10. The number of methoxy groups -OCH3 is 1. The van der Waals surface area contributed by atoms with Gasteiger partial charge in [0.05, 0.1) is 18.6 Å². The molecule has 0 aliphatic carbocycles. The molecule has 0 aromatic carbocycles. The summed E-state index contributed by atoms with van der Waals surface area (Å²) >= 11 is 0. The number of nitrogens with zero attached hydrogens (tertiary/aromatic N) is 1. The zero-order chi connectivity index (χ0) is 20.0. The minimum Gasteiger partial charge on any atom is -0.473 e. The molecule has 0 fully saturated rings. The lowest BCUT2D eigenvalue weighted by Crippen LogP contribution is -2.28. The molecule has 2 aromatic rings. The van der Waals surface area contributed by atoms with Crippen LogP contribution in [0.3, 0.4) is 0 Å². The van der Waals surface area contributed by atoms with Crippen molar-refractivity contribution in [3.8, 4) is 5.88 Å². The van der Waals surface area contributed by atoms with E-state index < -0.39 is 10.8 Å². The fourth-order valence-corrected chi connectivity index (χ4v) is 3.10. The summed E-state index contributed by atoms with van der Waals surface area (Å²) in [5.74, 6) is 0.979. The Morgan fingerprint density at radius 1 is 1.36 bits per heavy atom. The van der Waals surface area contributed by atoms with E-state index in [2.05, 4.69) is 10.3 Å². The van der Waals surface area contributed by atoms with Crippen LogP contribution in [-0.2, 0) is 37.4 Å². The average molecular weight is 408 g/mol. The van der Waals surface area contributed by atoms with Crippen LogP contribution in [0, 0.1) is 0 Å². The minimum atomic E-state index is -1.30. The third-order valence-corrected chi connectivity index (χ3v) is 4.55. The Hall–Kier alpha value is -2.49. The third kappa shape index (κ3) is 8.94. The first-order chi connectivity index (χ1) is 13.7. The van der Waals surface area contributed by atoms with Gasteiger partial charge in [-0.2, -0.15) is 0 Å². The number of nitrogens with one attached hydrogen (secondary N) is 1. The van der Waals surface area contributed by atoms with E-state index in [0.29, 0.717) is 31.4 Å². The Morgan fingerprint density at radius 3 is 3.04 bits per heavy atom. The van der Waals surface area contributed by atoms with Crippen molar-refractivity contribution >= 4 is 16.7 Å². The van der Waals surface area contributed by atoms with E-state index in [-0.39, 0.29) is 24.2 Å². The number of pyridine rings is 1. The zero-order valence-corrected chi connectivity index (χ0v) is 16.5. The Balaban J connectivity index is 1.60. The van der Waals surface area contributed by atoms with Crippen molar-refractivity contribution in [2.75, 3.05) is 32.8 Å². The molecule has 1 atom stereocenters. The van der Waals surface area contributed by atoms with Crippen LogP contribution in [0.15, 0.2) is 53.3 Å². The molecule has 2 aromatic heterocycles. The molecule has 152 valence electrons. The molecule has 8 nitrogen and oxygen atoms in total. The van der Waals surface area contributed by atoms with Gasteiger partial charge < -0.3 is 23.9 Å². The highest BCUT2D eigenvalue weighted by atomic mass is 32.2. The Bertz CT molecular complexity index is 764. The fourth-order valence-electron chi connectivity index (χ4n) is 2.12. The maximum atomic E-state index is 11.9. The Labute approximate surface area is 166 Å². The molecule has 0 spiro atoms. The van der Waals surface area contributed by atoms with Gasteiger partial charge in [0.15, 0.2) is 0 Å². The molecule has 0 radical (unpaired) electrons. The van der Waals surface area contributed by atoms with Crippen LogP contribution in [0.4, 0.5) is 0 Å². The molecule has 0 aliphatic heterocycles. The predicted molar refractivity (Wildman–Crippen MR) is 104 cm³/mol. The van der Waals surface area contributed by atoms with Crippen LogP contribution in [-0.4, -0.2) is 47.9 Å². The summed E-state index contributed by atoms with van der Waals surface area (Å²) in [6.07, 6.45) is 6.70. The summed E-state index contributed by atoms with van der Waals surface area (Å²) in [7, 11) is 0.266. The number of hydrogen-bond acceptors (Lipinski definition) is 7. The predicted octanol–water partition coefficient (Wildman–Crippen LogP) is 1.80. The number of amides is 1. The van der Waals surface area contributed by atoms with Crippen molar-refractivity contribution in [2.45, 2.75) is 12.4 Å². The van der Waals surface area contributed by atoms with E-state index in [0.717, 1.165) is 5.56 Å². The average Bonchev–Trinajstić information content (AvgIpc) is 3.18. The van der Waals surface area contributed by atoms with E-state index >= 15 is 0 Å². The van der Waals surface area contributed by atoms with Crippen LogP contribution in [0.25, 0.3) is 0 Å². The summed E-state index contributed by atoms with van der Waals surface area (Å²) in [5.41, 5.74) is 0.931. The Morgan fingerprint density at radius 2 is 2.25 bits per heavy atom. The summed E-state index contributed by atoms with van der Waals surface area (Å²) in [6, 6.07) is 7.08. The normalized spacial score (nSPS) is 12.2. The smallest absolute Gasteiger partial charge is 0.232 e. The lowest BCUT2D eigenvalue weighted by molar-refractivity contribution is -0.118. The monoisotopic (exact) mass is 408 g/mol. The number of aromatic nitrogens is 1. The van der Waals surface area contributed by atoms with Crippen molar-refractivity contribution in [2.24, 2.45) is 0 Å². The first-order valence-corrected chi connectivity index (χ1v) is 10.1. The fraction of sp³-hybridized carbons (Fsp3) is 0.368. The van der Waals surface area contributed by atoms with Gasteiger partial charge in [0, 0.05) is 36.7 Å². The molecule has 0 saturated carbocycles. The van der Waals surface area contributed by atoms with E-state index in [9.17, 15) is 9.00 Å². The number of furan rings is 1. The number of carbonyl (C=O) groups is 1. The van der Waals surface area contributed by atoms with Gasteiger partial charge in [-0.3, -0.25) is 9.00 Å². The van der Waals surface area contributed by atoms with Gasteiger partial charge >= 0.3 is 0 Å². The zero-order valence-electron chi connectivity index (χ0n) is 15.7. The Kier molecular flexibility index (Phi) is 9.98. The molecule has 1 N–H and O–H groups in total. The summed E-state index contributed by atoms with van der Waals surface area (Å²) in [5, 5.41) is 2.68. The van der Waals surface area contributed by atoms with Gasteiger partial charge in [-0.1, -0.05) is 6.08 Å². The molecular formula is C19H24N2O6S. The van der Waals surface area contributed by atoms with E-state index in [1.807, 2.05) is 6.07 Å². The molecule has 2 rings (SSSR count). The third-order valence-electron chi connectivity index (χ3n) is 3.36. The highest BCUT2D eigenvalue weighted by Gasteiger charge is 2.09. The largest absolute Gasteiger partial charge is 0.473 e. The molecule has 0 saturated heterocycles. The van der Waals surface area contributed by atoms with Crippen molar-refractivity contribution in [3.05, 3.63) is 60.2 Å². The minimum absolute atomic E-state index is 0.0626. The number of rotatable bonds is 13. The van der Waals surface area contributed by atoms with Gasteiger partial charge in [-0.05, 0) is 29.8 Å². The second-order valence-corrected chi connectivity index (χ2v) is 7.11. The van der Waals surface area contributed by atoms with Crippen molar-refractivity contribution in [1.82, 2.24) is 10.3 Å². The van der Waals surface area contributed by atoms with Crippen LogP contribution >= 0.6 is 0 Å². The van der Waals surface area contributed by atoms with Gasteiger partial charge in [0.2, 0.25) is 11.8 Å². The van der Waals surface area contributed by atoms with Crippen molar-refractivity contribution < 1.29 is 27.6 Å². The van der Waals surface area contributed by atoms with E-state index in [1.54, 1.807) is 43.7 Å². The standard InChI is InChI=1S/C19H24N2O6S/c1-24-15-25-12-16-6-8-21-19(11-16)27-9-3-2-7-20-18(22)14-28(23)13-17-5-4-10-26-17/h2-6,8,10-11H,7,9,12-15H2,1H3,(H,20,22)/b3-2-. The van der Waals surface area contributed by atoms with Crippen molar-refractivity contribution in [3.63, 3.8) is 0 Å². The molecule has 1 unspecified atom stereocenters. The molecule has 2 heterocycles. The number of carbonyl (C=O) groups excluding carboxylic acids is 1. The molecule has 28 heavy (non-hydrogen) atoms. The van der Waals surface area contributed by atoms with Crippen LogP contribution in [0.2, 0.25) is 0 Å². The molecule has 0 bridgehead atoms. The van der Waals surface area contributed by atoms with Crippen LogP contribution in [0.5, 0.6) is 5.88 Å².